The monoisotopic (exact) mass is 188 g/mol. The highest BCUT2D eigenvalue weighted by Gasteiger charge is 2.20. The third-order valence-corrected chi connectivity index (χ3v) is 2.85. The molecule has 1 aliphatic rings. The molecule has 74 valence electrons. The molecule has 0 aliphatic heterocycles. The van der Waals surface area contributed by atoms with Gasteiger partial charge in [0.1, 0.15) is 0 Å². The minimum Gasteiger partial charge on any atom is -0.392 e. The number of rotatable bonds is 1. The molecular formula is C13H16O. The number of benzene rings is 1. The molecule has 0 saturated heterocycles. The molecule has 1 N–H and O–H groups in total. The summed E-state index contributed by atoms with van der Waals surface area (Å²) in [6.07, 6.45) is 5.97. The van der Waals surface area contributed by atoms with Crippen molar-refractivity contribution in [2.24, 2.45) is 0 Å². The standard InChI is InChI=1S/C13H16O/c1-10-6-8-11(9-7-10)12-4-2-3-5-13(12)14/h2,4,6-9,12-14H,3,5H2,1H3. The fraction of sp³-hybridized carbons (Fsp3) is 0.385. The first-order chi connectivity index (χ1) is 6.77. The lowest BCUT2D eigenvalue weighted by molar-refractivity contribution is 0.145. The van der Waals surface area contributed by atoms with Crippen LogP contribution in [0.15, 0.2) is 36.4 Å². The molecule has 1 nitrogen and oxygen atoms in total. The number of hydrogen-bond donors (Lipinski definition) is 1. The van der Waals surface area contributed by atoms with Gasteiger partial charge in [0, 0.05) is 5.92 Å². The molecule has 0 heterocycles. The summed E-state index contributed by atoms with van der Waals surface area (Å²) in [5.74, 6) is 0.198. The zero-order valence-corrected chi connectivity index (χ0v) is 8.48. The predicted molar refractivity (Wildman–Crippen MR) is 58.3 cm³/mol. The summed E-state index contributed by atoms with van der Waals surface area (Å²) in [7, 11) is 0. The number of aliphatic hydroxyl groups excluding tert-OH is 1. The molecule has 0 radical (unpaired) electrons. The van der Waals surface area contributed by atoms with E-state index in [4.69, 9.17) is 0 Å². The Bertz CT molecular complexity index is 324. The number of aryl methyl sites for hydroxylation is 1. The quantitative estimate of drug-likeness (QED) is 0.672. The van der Waals surface area contributed by atoms with Gasteiger partial charge in [0.25, 0.3) is 0 Å². The number of aliphatic hydroxyl groups is 1. The first-order valence-corrected chi connectivity index (χ1v) is 5.18. The van der Waals surface area contributed by atoms with Crippen LogP contribution in [0.2, 0.25) is 0 Å². The fourth-order valence-electron chi connectivity index (χ4n) is 1.94. The highest BCUT2D eigenvalue weighted by atomic mass is 16.3. The zero-order valence-electron chi connectivity index (χ0n) is 8.48. The number of hydrogen-bond acceptors (Lipinski definition) is 1. The van der Waals surface area contributed by atoms with Crippen molar-refractivity contribution in [2.75, 3.05) is 0 Å². The molecule has 2 rings (SSSR count). The third kappa shape index (κ3) is 1.88. The molecule has 0 bridgehead atoms. The predicted octanol–water partition coefficient (Wildman–Crippen LogP) is 2.79. The van der Waals surface area contributed by atoms with Crippen LogP contribution in [0.5, 0.6) is 0 Å². The molecule has 1 aliphatic carbocycles. The van der Waals surface area contributed by atoms with Crippen LogP contribution in [0.25, 0.3) is 0 Å². The van der Waals surface area contributed by atoms with Crippen molar-refractivity contribution in [1.82, 2.24) is 0 Å². The molecule has 1 heteroatoms. The molecule has 0 spiro atoms. The van der Waals surface area contributed by atoms with Gasteiger partial charge in [-0.2, -0.15) is 0 Å². The van der Waals surface area contributed by atoms with Crippen LogP contribution in [0.1, 0.15) is 29.9 Å². The van der Waals surface area contributed by atoms with Gasteiger partial charge >= 0.3 is 0 Å². The maximum atomic E-state index is 9.84. The van der Waals surface area contributed by atoms with E-state index in [1.54, 1.807) is 0 Å². The summed E-state index contributed by atoms with van der Waals surface area (Å²) in [6, 6.07) is 8.42. The van der Waals surface area contributed by atoms with E-state index >= 15 is 0 Å². The van der Waals surface area contributed by atoms with Gasteiger partial charge in [-0.15, -0.1) is 0 Å². The Labute approximate surface area is 85.1 Å². The molecule has 0 saturated carbocycles. The molecule has 0 fully saturated rings. The summed E-state index contributed by atoms with van der Waals surface area (Å²) in [5, 5.41) is 9.84. The van der Waals surface area contributed by atoms with Gasteiger partial charge in [0.2, 0.25) is 0 Å². The molecule has 1 aromatic carbocycles. The van der Waals surface area contributed by atoms with Crippen LogP contribution in [-0.4, -0.2) is 11.2 Å². The molecule has 2 unspecified atom stereocenters. The van der Waals surface area contributed by atoms with Crippen LogP contribution in [0.4, 0.5) is 0 Å². The average Bonchev–Trinajstić information content (AvgIpc) is 2.20. The average molecular weight is 188 g/mol. The molecule has 0 amide bonds. The summed E-state index contributed by atoms with van der Waals surface area (Å²) >= 11 is 0. The Morgan fingerprint density at radius 1 is 1.21 bits per heavy atom. The number of allylic oxidation sites excluding steroid dienone is 1. The Kier molecular flexibility index (Phi) is 2.69. The lowest BCUT2D eigenvalue weighted by Crippen LogP contribution is -2.19. The van der Waals surface area contributed by atoms with E-state index in [1.807, 2.05) is 0 Å². The first-order valence-electron chi connectivity index (χ1n) is 5.18. The molecule has 2 atom stereocenters. The van der Waals surface area contributed by atoms with Crippen molar-refractivity contribution in [1.29, 1.82) is 0 Å². The third-order valence-electron chi connectivity index (χ3n) is 2.85. The minimum absolute atomic E-state index is 0.198. The Balaban J connectivity index is 2.25. The van der Waals surface area contributed by atoms with E-state index < -0.39 is 0 Å². The van der Waals surface area contributed by atoms with Crippen molar-refractivity contribution < 1.29 is 5.11 Å². The van der Waals surface area contributed by atoms with E-state index in [2.05, 4.69) is 43.3 Å². The van der Waals surface area contributed by atoms with Gasteiger partial charge in [-0.3, -0.25) is 0 Å². The maximum Gasteiger partial charge on any atom is 0.0646 e. The van der Waals surface area contributed by atoms with Crippen LogP contribution >= 0.6 is 0 Å². The van der Waals surface area contributed by atoms with Crippen molar-refractivity contribution in [3.8, 4) is 0 Å². The minimum atomic E-state index is -0.206. The van der Waals surface area contributed by atoms with Crippen molar-refractivity contribution in [2.45, 2.75) is 31.8 Å². The lowest BCUT2D eigenvalue weighted by atomic mass is 9.86. The summed E-state index contributed by atoms with van der Waals surface area (Å²) < 4.78 is 0. The normalized spacial score (nSPS) is 26.4. The highest BCUT2D eigenvalue weighted by molar-refractivity contribution is 5.29. The van der Waals surface area contributed by atoms with Gasteiger partial charge in [-0.25, -0.2) is 0 Å². The largest absolute Gasteiger partial charge is 0.392 e. The van der Waals surface area contributed by atoms with E-state index in [9.17, 15) is 5.11 Å². The van der Waals surface area contributed by atoms with Gasteiger partial charge in [-0.05, 0) is 25.3 Å². The Hall–Kier alpha value is -1.08. The van der Waals surface area contributed by atoms with Gasteiger partial charge in [0.15, 0.2) is 0 Å². The molecule has 0 aromatic heterocycles. The van der Waals surface area contributed by atoms with Crippen LogP contribution in [-0.2, 0) is 0 Å². The second-order valence-electron chi connectivity index (χ2n) is 4.01. The first kappa shape index (κ1) is 9.47. The maximum absolute atomic E-state index is 9.84. The van der Waals surface area contributed by atoms with Crippen LogP contribution in [0.3, 0.4) is 0 Å². The SMILES string of the molecule is Cc1ccc(C2C=CCCC2O)cc1. The van der Waals surface area contributed by atoms with Gasteiger partial charge < -0.3 is 5.11 Å². The van der Waals surface area contributed by atoms with Crippen molar-refractivity contribution in [3.05, 3.63) is 47.5 Å². The second-order valence-corrected chi connectivity index (χ2v) is 4.01. The summed E-state index contributed by atoms with van der Waals surface area (Å²) in [6.45, 7) is 2.08. The van der Waals surface area contributed by atoms with Gasteiger partial charge in [0.05, 0.1) is 6.10 Å². The highest BCUT2D eigenvalue weighted by Crippen LogP contribution is 2.28. The fourth-order valence-corrected chi connectivity index (χ4v) is 1.94. The summed E-state index contributed by atoms with van der Waals surface area (Å²) in [4.78, 5) is 0. The van der Waals surface area contributed by atoms with Crippen LogP contribution < -0.4 is 0 Å². The van der Waals surface area contributed by atoms with E-state index in [-0.39, 0.29) is 12.0 Å². The van der Waals surface area contributed by atoms with Crippen molar-refractivity contribution >= 4 is 0 Å². The zero-order chi connectivity index (χ0) is 9.97. The Morgan fingerprint density at radius 2 is 1.93 bits per heavy atom. The molecular weight excluding hydrogens is 172 g/mol. The Morgan fingerprint density at radius 3 is 2.57 bits per heavy atom. The molecule has 14 heavy (non-hydrogen) atoms. The van der Waals surface area contributed by atoms with E-state index in [0.717, 1.165) is 12.8 Å². The summed E-state index contributed by atoms with van der Waals surface area (Å²) in [5.41, 5.74) is 2.49. The smallest absolute Gasteiger partial charge is 0.0646 e. The van der Waals surface area contributed by atoms with Crippen molar-refractivity contribution in [3.63, 3.8) is 0 Å². The van der Waals surface area contributed by atoms with Crippen LogP contribution in [0, 0.1) is 6.92 Å². The topological polar surface area (TPSA) is 20.2 Å². The van der Waals surface area contributed by atoms with E-state index in [1.165, 1.54) is 11.1 Å². The lowest BCUT2D eigenvalue weighted by Gasteiger charge is -2.23. The van der Waals surface area contributed by atoms with Gasteiger partial charge in [-0.1, -0.05) is 42.0 Å². The molecule has 1 aromatic rings. The second kappa shape index (κ2) is 3.97. The van der Waals surface area contributed by atoms with E-state index in [0.29, 0.717) is 0 Å².